The molecule has 0 amide bonds. The standard InChI is InChI=1S/C14H25N5O2/c1-4-9-17(10-12-7-6-8-15-12)14-13(19(20)21)11(3)16-18(14)5-2/h12,15H,4-10H2,1-3H3. The van der Waals surface area contributed by atoms with Gasteiger partial charge in [-0.1, -0.05) is 6.92 Å². The van der Waals surface area contributed by atoms with Gasteiger partial charge in [0.15, 0.2) is 0 Å². The van der Waals surface area contributed by atoms with Crippen LogP contribution in [-0.4, -0.2) is 40.4 Å². The Bertz CT molecular complexity index is 494. The van der Waals surface area contributed by atoms with Crippen LogP contribution in [0, 0.1) is 17.0 Å². The van der Waals surface area contributed by atoms with Crippen molar-refractivity contribution in [2.24, 2.45) is 0 Å². The van der Waals surface area contributed by atoms with E-state index in [-0.39, 0.29) is 10.6 Å². The lowest BCUT2D eigenvalue weighted by Gasteiger charge is -2.27. The molecular formula is C14H25N5O2. The highest BCUT2D eigenvalue weighted by atomic mass is 16.6. The van der Waals surface area contributed by atoms with Crippen molar-refractivity contribution in [3.8, 4) is 0 Å². The van der Waals surface area contributed by atoms with E-state index < -0.39 is 0 Å². The number of rotatable bonds is 7. The van der Waals surface area contributed by atoms with E-state index >= 15 is 0 Å². The molecule has 0 bridgehead atoms. The van der Waals surface area contributed by atoms with Gasteiger partial charge < -0.3 is 10.2 Å². The highest BCUT2D eigenvalue weighted by Gasteiger charge is 2.30. The Morgan fingerprint density at radius 1 is 1.52 bits per heavy atom. The minimum Gasteiger partial charge on any atom is -0.350 e. The third-order valence-electron chi connectivity index (χ3n) is 3.95. The lowest BCUT2D eigenvalue weighted by molar-refractivity contribution is -0.384. The molecule has 1 aromatic heterocycles. The number of anilines is 1. The first-order valence-corrected chi connectivity index (χ1v) is 7.78. The van der Waals surface area contributed by atoms with Crippen LogP contribution in [0.5, 0.6) is 0 Å². The van der Waals surface area contributed by atoms with Gasteiger partial charge in [0.25, 0.3) is 0 Å². The van der Waals surface area contributed by atoms with Crippen LogP contribution in [0.15, 0.2) is 0 Å². The number of aryl methyl sites for hydroxylation is 2. The van der Waals surface area contributed by atoms with Crippen LogP contribution in [0.25, 0.3) is 0 Å². The summed E-state index contributed by atoms with van der Waals surface area (Å²) in [6.07, 6.45) is 3.27. The summed E-state index contributed by atoms with van der Waals surface area (Å²) in [5, 5.41) is 19.2. The largest absolute Gasteiger partial charge is 0.350 e. The minimum atomic E-state index is -0.297. The number of nitrogens with one attached hydrogen (secondary N) is 1. The summed E-state index contributed by atoms with van der Waals surface area (Å²) in [7, 11) is 0. The molecule has 0 radical (unpaired) electrons. The summed E-state index contributed by atoms with van der Waals surface area (Å²) >= 11 is 0. The van der Waals surface area contributed by atoms with Gasteiger partial charge in [0.1, 0.15) is 5.69 Å². The average molecular weight is 295 g/mol. The Hall–Kier alpha value is -1.63. The van der Waals surface area contributed by atoms with Crippen LogP contribution < -0.4 is 10.2 Å². The second-order valence-electron chi connectivity index (χ2n) is 5.57. The molecule has 0 spiro atoms. The molecule has 1 unspecified atom stereocenters. The fourth-order valence-electron chi connectivity index (χ4n) is 3.04. The molecule has 1 aromatic rings. The normalized spacial score (nSPS) is 18.1. The van der Waals surface area contributed by atoms with Gasteiger partial charge in [-0.05, 0) is 39.7 Å². The maximum absolute atomic E-state index is 11.4. The van der Waals surface area contributed by atoms with Gasteiger partial charge >= 0.3 is 5.69 Å². The van der Waals surface area contributed by atoms with Crippen LogP contribution in [0.1, 0.15) is 38.8 Å². The highest BCUT2D eigenvalue weighted by Crippen LogP contribution is 2.32. The van der Waals surface area contributed by atoms with E-state index in [2.05, 4.69) is 22.2 Å². The monoisotopic (exact) mass is 295 g/mol. The van der Waals surface area contributed by atoms with Crippen molar-refractivity contribution in [3.63, 3.8) is 0 Å². The Balaban J connectivity index is 2.35. The zero-order chi connectivity index (χ0) is 15.4. The van der Waals surface area contributed by atoms with E-state index in [1.54, 1.807) is 11.6 Å². The van der Waals surface area contributed by atoms with E-state index in [1.165, 1.54) is 6.42 Å². The summed E-state index contributed by atoms with van der Waals surface area (Å²) in [5.74, 6) is 0.663. The maximum atomic E-state index is 11.4. The average Bonchev–Trinajstić information content (AvgIpc) is 3.05. The second kappa shape index (κ2) is 6.89. The van der Waals surface area contributed by atoms with Crippen LogP contribution in [-0.2, 0) is 6.54 Å². The number of hydrogen-bond donors (Lipinski definition) is 1. The molecular weight excluding hydrogens is 270 g/mol. The van der Waals surface area contributed by atoms with E-state index in [1.807, 2.05) is 6.92 Å². The molecule has 0 saturated carbocycles. The predicted octanol–water partition coefficient (Wildman–Crippen LogP) is 2.09. The topological polar surface area (TPSA) is 76.2 Å². The Kier molecular flexibility index (Phi) is 5.17. The van der Waals surface area contributed by atoms with Crippen molar-refractivity contribution >= 4 is 11.5 Å². The van der Waals surface area contributed by atoms with Gasteiger partial charge in [0, 0.05) is 25.7 Å². The summed E-state index contributed by atoms with van der Waals surface area (Å²) in [6, 6.07) is 0.414. The zero-order valence-corrected chi connectivity index (χ0v) is 13.1. The van der Waals surface area contributed by atoms with Crippen LogP contribution >= 0.6 is 0 Å². The summed E-state index contributed by atoms with van der Waals surface area (Å²) in [6.45, 7) is 9.08. The van der Waals surface area contributed by atoms with Crippen molar-refractivity contribution in [2.45, 2.75) is 52.6 Å². The number of nitro groups is 1. The molecule has 2 rings (SSSR count). The molecule has 1 atom stereocenters. The van der Waals surface area contributed by atoms with Crippen molar-refractivity contribution < 1.29 is 4.92 Å². The van der Waals surface area contributed by atoms with Crippen LogP contribution in [0.4, 0.5) is 11.5 Å². The van der Waals surface area contributed by atoms with Crippen molar-refractivity contribution in [1.82, 2.24) is 15.1 Å². The lowest BCUT2D eigenvalue weighted by Crippen LogP contribution is -2.39. The maximum Gasteiger partial charge on any atom is 0.333 e. The van der Waals surface area contributed by atoms with E-state index in [9.17, 15) is 10.1 Å². The Morgan fingerprint density at radius 3 is 2.81 bits per heavy atom. The Labute approximate surface area is 125 Å². The van der Waals surface area contributed by atoms with Gasteiger partial charge in [-0.25, -0.2) is 4.68 Å². The molecule has 2 heterocycles. The zero-order valence-electron chi connectivity index (χ0n) is 13.1. The first-order chi connectivity index (χ1) is 10.1. The van der Waals surface area contributed by atoms with E-state index in [0.717, 1.165) is 32.5 Å². The van der Waals surface area contributed by atoms with Crippen molar-refractivity contribution in [3.05, 3.63) is 15.8 Å². The van der Waals surface area contributed by atoms with Crippen LogP contribution in [0.3, 0.4) is 0 Å². The van der Waals surface area contributed by atoms with E-state index in [4.69, 9.17) is 0 Å². The van der Waals surface area contributed by atoms with Gasteiger partial charge in [0.2, 0.25) is 5.82 Å². The predicted molar refractivity (Wildman–Crippen MR) is 82.8 cm³/mol. The molecule has 0 aromatic carbocycles. The summed E-state index contributed by atoms with van der Waals surface area (Å²) in [5.41, 5.74) is 0.653. The fraction of sp³-hybridized carbons (Fsp3) is 0.786. The third-order valence-corrected chi connectivity index (χ3v) is 3.95. The number of nitrogens with zero attached hydrogens (tertiary/aromatic N) is 4. The van der Waals surface area contributed by atoms with Gasteiger partial charge in [-0.15, -0.1) is 0 Å². The molecule has 1 aliphatic rings. The smallest absolute Gasteiger partial charge is 0.333 e. The van der Waals surface area contributed by atoms with Gasteiger partial charge in [-0.2, -0.15) is 5.10 Å². The lowest BCUT2D eigenvalue weighted by atomic mass is 10.2. The third kappa shape index (κ3) is 3.34. The molecule has 1 fully saturated rings. The molecule has 1 aliphatic heterocycles. The summed E-state index contributed by atoms with van der Waals surface area (Å²) < 4.78 is 1.76. The first-order valence-electron chi connectivity index (χ1n) is 7.78. The fourth-order valence-corrected chi connectivity index (χ4v) is 3.04. The quantitative estimate of drug-likeness (QED) is 0.615. The van der Waals surface area contributed by atoms with Crippen molar-refractivity contribution in [1.29, 1.82) is 0 Å². The minimum absolute atomic E-state index is 0.156. The first kappa shape index (κ1) is 15.8. The van der Waals surface area contributed by atoms with Crippen LogP contribution in [0.2, 0.25) is 0 Å². The second-order valence-corrected chi connectivity index (χ2v) is 5.57. The molecule has 1 saturated heterocycles. The van der Waals surface area contributed by atoms with Gasteiger partial charge in [-0.3, -0.25) is 10.1 Å². The molecule has 21 heavy (non-hydrogen) atoms. The molecule has 7 nitrogen and oxygen atoms in total. The summed E-state index contributed by atoms with van der Waals surface area (Å²) in [4.78, 5) is 13.3. The molecule has 0 aliphatic carbocycles. The molecule has 1 N–H and O–H groups in total. The number of aromatic nitrogens is 2. The highest BCUT2D eigenvalue weighted by molar-refractivity contribution is 5.61. The molecule has 7 heteroatoms. The van der Waals surface area contributed by atoms with Gasteiger partial charge in [0.05, 0.1) is 4.92 Å². The SMILES string of the molecule is CCCN(CC1CCCN1)c1c([N+](=O)[O-])c(C)nn1CC. The molecule has 118 valence electrons. The Morgan fingerprint density at radius 2 is 2.29 bits per heavy atom. The van der Waals surface area contributed by atoms with Crippen molar-refractivity contribution in [2.75, 3.05) is 24.5 Å². The van der Waals surface area contributed by atoms with E-state index in [0.29, 0.717) is 24.1 Å². The number of hydrogen-bond acceptors (Lipinski definition) is 5.